The summed E-state index contributed by atoms with van der Waals surface area (Å²) < 4.78 is 7.50. The van der Waals surface area contributed by atoms with Crippen molar-refractivity contribution < 1.29 is 9.53 Å². The Hall–Kier alpha value is -3.07. The van der Waals surface area contributed by atoms with E-state index in [9.17, 15) is 4.79 Å². The molecule has 0 unspecified atom stereocenters. The Morgan fingerprint density at radius 3 is 2.36 bits per heavy atom. The topological polar surface area (TPSA) is 31.2 Å². The lowest BCUT2D eigenvalue weighted by Crippen LogP contribution is -1.97. The lowest BCUT2D eigenvalue weighted by molar-refractivity contribution is 0.0988. The predicted molar refractivity (Wildman–Crippen MR) is 102 cm³/mol. The van der Waals surface area contributed by atoms with Gasteiger partial charge in [-0.2, -0.15) is 0 Å². The first-order valence-corrected chi connectivity index (χ1v) is 8.43. The van der Waals surface area contributed by atoms with E-state index in [1.165, 1.54) is 0 Å². The molecule has 4 rings (SSSR count). The van der Waals surface area contributed by atoms with Crippen molar-refractivity contribution in [2.45, 2.75) is 13.3 Å². The minimum atomic E-state index is 0.170. The summed E-state index contributed by atoms with van der Waals surface area (Å²) in [6.07, 6.45) is 0.516. The maximum Gasteiger partial charge on any atom is 0.162 e. The van der Waals surface area contributed by atoms with Crippen LogP contribution in [-0.2, 0) is 0 Å². The maximum atomic E-state index is 12.1. The first kappa shape index (κ1) is 15.5. The van der Waals surface area contributed by atoms with Crippen molar-refractivity contribution in [2.75, 3.05) is 7.11 Å². The molecule has 0 N–H and O–H groups in total. The van der Waals surface area contributed by atoms with Gasteiger partial charge in [-0.15, -0.1) is 0 Å². The summed E-state index contributed by atoms with van der Waals surface area (Å²) in [5, 5.41) is 2.25. The summed E-state index contributed by atoms with van der Waals surface area (Å²) in [5.74, 6) is 1.00. The fourth-order valence-electron chi connectivity index (χ4n) is 3.36. The Labute approximate surface area is 146 Å². The average Bonchev–Trinajstić information content (AvgIpc) is 3.01. The smallest absolute Gasteiger partial charge is 0.162 e. The molecule has 3 aromatic carbocycles. The number of hydrogen-bond donors (Lipinski definition) is 0. The number of aromatic nitrogens is 1. The van der Waals surface area contributed by atoms with Gasteiger partial charge in [0.15, 0.2) is 5.78 Å². The molecule has 0 aliphatic heterocycles. The number of benzene rings is 3. The van der Waals surface area contributed by atoms with Gasteiger partial charge in [-0.1, -0.05) is 25.1 Å². The van der Waals surface area contributed by atoms with Crippen LogP contribution in [0.2, 0.25) is 0 Å². The highest BCUT2D eigenvalue weighted by Crippen LogP contribution is 2.33. The van der Waals surface area contributed by atoms with Crippen LogP contribution >= 0.6 is 0 Å². The van der Waals surface area contributed by atoms with Gasteiger partial charge < -0.3 is 9.30 Å². The average molecular weight is 329 g/mol. The number of hydrogen-bond acceptors (Lipinski definition) is 2. The van der Waals surface area contributed by atoms with Crippen LogP contribution in [0.3, 0.4) is 0 Å². The second-order valence-corrected chi connectivity index (χ2v) is 6.06. The summed E-state index contributed by atoms with van der Waals surface area (Å²) in [4.78, 5) is 12.1. The lowest BCUT2D eigenvalue weighted by Gasteiger charge is -2.09. The van der Waals surface area contributed by atoms with Gasteiger partial charge in [-0.05, 0) is 48.5 Å². The van der Waals surface area contributed by atoms with Crippen LogP contribution in [0.15, 0.2) is 66.7 Å². The maximum absolute atomic E-state index is 12.1. The Morgan fingerprint density at radius 2 is 1.64 bits per heavy atom. The molecule has 0 aliphatic rings. The van der Waals surface area contributed by atoms with E-state index in [0.717, 1.165) is 38.8 Å². The number of ether oxygens (including phenoxy) is 1. The zero-order valence-electron chi connectivity index (χ0n) is 14.3. The summed E-state index contributed by atoms with van der Waals surface area (Å²) in [7, 11) is 1.67. The van der Waals surface area contributed by atoms with Crippen molar-refractivity contribution in [1.82, 2.24) is 4.57 Å². The van der Waals surface area contributed by atoms with E-state index in [-0.39, 0.29) is 5.78 Å². The molecule has 1 heterocycles. The van der Waals surface area contributed by atoms with E-state index in [1.807, 2.05) is 49.4 Å². The van der Waals surface area contributed by atoms with Crippen LogP contribution in [0.4, 0.5) is 0 Å². The third-order valence-corrected chi connectivity index (χ3v) is 4.65. The summed E-state index contributed by atoms with van der Waals surface area (Å²) in [6.45, 7) is 1.90. The SMILES string of the molecule is CCC(=O)c1ccc2c(c1)c1ccccc1n2-c1ccc(OC)cc1. The molecule has 0 spiro atoms. The molecular formula is C22H19NO2. The van der Waals surface area contributed by atoms with Crippen LogP contribution < -0.4 is 4.74 Å². The molecule has 25 heavy (non-hydrogen) atoms. The Bertz CT molecular complexity index is 1070. The molecule has 0 amide bonds. The Kier molecular flexibility index (Phi) is 3.77. The van der Waals surface area contributed by atoms with E-state index in [2.05, 4.69) is 28.8 Å². The van der Waals surface area contributed by atoms with E-state index in [4.69, 9.17) is 4.74 Å². The molecule has 0 saturated carbocycles. The Morgan fingerprint density at radius 1 is 0.920 bits per heavy atom. The van der Waals surface area contributed by atoms with Gasteiger partial charge in [0.2, 0.25) is 0 Å². The zero-order valence-corrected chi connectivity index (χ0v) is 14.3. The highest BCUT2D eigenvalue weighted by atomic mass is 16.5. The summed E-state index contributed by atoms with van der Waals surface area (Å²) in [5.41, 5.74) is 4.07. The summed E-state index contributed by atoms with van der Waals surface area (Å²) >= 11 is 0. The molecule has 124 valence electrons. The molecule has 0 bridgehead atoms. The number of Topliss-reactive ketones (excluding diaryl/α,β-unsaturated/α-hetero) is 1. The highest BCUT2D eigenvalue weighted by Gasteiger charge is 2.14. The van der Waals surface area contributed by atoms with Gasteiger partial charge in [0.25, 0.3) is 0 Å². The fraction of sp³-hybridized carbons (Fsp3) is 0.136. The fourth-order valence-corrected chi connectivity index (χ4v) is 3.36. The van der Waals surface area contributed by atoms with E-state index < -0.39 is 0 Å². The molecule has 3 heteroatoms. The number of nitrogens with zero attached hydrogens (tertiary/aromatic N) is 1. The number of rotatable bonds is 4. The molecule has 4 aromatic rings. The predicted octanol–water partition coefficient (Wildman–Crippen LogP) is 5.39. The van der Waals surface area contributed by atoms with Crippen LogP contribution in [0.25, 0.3) is 27.5 Å². The molecule has 0 saturated heterocycles. The molecule has 3 nitrogen and oxygen atoms in total. The molecule has 0 atom stereocenters. The van der Waals surface area contributed by atoms with Gasteiger partial charge >= 0.3 is 0 Å². The van der Waals surface area contributed by atoms with Crippen molar-refractivity contribution >= 4 is 27.6 Å². The molecule has 0 aliphatic carbocycles. The normalized spacial score (nSPS) is 11.1. The van der Waals surface area contributed by atoms with E-state index in [1.54, 1.807) is 7.11 Å². The molecule has 0 fully saturated rings. The van der Waals surface area contributed by atoms with Gasteiger partial charge in [-0.25, -0.2) is 0 Å². The first-order valence-electron chi connectivity index (χ1n) is 8.43. The molecular weight excluding hydrogens is 310 g/mol. The second-order valence-electron chi connectivity index (χ2n) is 6.06. The van der Waals surface area contributed by atoms with Crippen LogP contribution in [0, 0.1) is 0 Å². The van der Waals surface area contributed by atoms with Gasteiger partial charge in [-0.3, -0.25) is 4.79 Å². The highest BCUT2D eigenvalue weighted by molar-refractivity contribution is 6.11. The monoisotopic (exact) mass is 329 g/mol. The number of fused-ring (bicyclic) bond motifs is 3. The number of carbonyl (C=O) groups is 1. The third kappa shape index (κ3) is 2.49. The minimum absolute atomic E-state index is 0.170. The number of para-hydroxylation sites is 1. The van der Waals surface area contributed by atoms with Crippen molar-refractivity contribution in [3.63, 3.8) is 0 Å². The molecule has 1 aromatic heterocycles. The van der Waals surface area contributed by atoms with E-state index >= 15 is 0 Å². The van der Waals surface area contributed by atoms with Crippen molar-refractivity contribution in [2.24, 2.45) is 0 Å². The zero-order chi connectivity index (χ0) is 17.4. The number of ketones is 1. The Balaban J connectivity index is 2.03. The molecule has 0 radical (unpaired) electrons. The van der Waals surface area contributed by atoms with Gasteiger partial charge in [0, 0.05) is 28.4 Å². The minimum Gasteiger partial charge on any atom is -0.497 e. The number of carbonyl (C=O) groups excluding carboxylic acids is 1. The first-order chi connectivity index (χ1) is 12.2. The van der Waals surface area contributed by atoms with Crippen molar-refractivity contribution in [3.8, 4) is 11.4 Å². The number of methoxy groups -OCH3 is 1. The van der Waals surface area contributed by atoms with Gasteiger partial charge in [0.05, 0.1) is 18.1 Å². The van der Waals surface area contributed by atoms with Gasteiger partial charge in [0.1, 0.15) is 5.75 Å². The van der Waals surface area contributed by atoms with Crippen molar-refractivity contribution in [1.29, 1.82) is 0 Å². The van der Waals surface area contributed by atoms with Crippen LogP contribution in [0.1, 0.15) is 23.7 Å². The van der Waals surface area contributed by atoms with E-state index in [0.29, 0.717) is 6.42 Å². The standard InChI is InChI=1S/C22H19NO2/c1-3-22(24)15-8-13-21-19(14-15)18-6-4-5-7-20(18)23(21)16-9-11-17(25-2)12-10-16/h4-14H,3H2,1-2H3. The third-order valence-electron chi connectivity index (χ3n) is 4.65. The quantitative estimate of drug-likeness (QED) is 0.470. The van der Waals surface area contributed by atoms with Crippen LogP contribution in [-0.4, -0.2) is 17.5 Å². The lowest BCUT2D eigenvalue weighted by atomic mass is 10.1. The van der Waals surface area contributed by atoms with Crippen molar-refractivity contribution in [3.05, 3.63) is 72.3 Å². The largest absolute Gasteiger partial charge is 0.497 e. The second kappa shape index (κ2) is 6.10. The summed E-state index contributed by atoms with van der Waals surface area (Å²) in [6, 6.07) is 22.3. The van der Waals surface area contributed by atoms with Crippen LogP contribution in [0.5, 0.6) is 5.75 Å².